The van der Waals surface area contributed by atoms with Gasteiger partial charge in [0.05, 0.1) is 16.6 Å². The van der Waals surface area contributed by atoms with Crippen LogP contribution in [0.25, 0.3) is 10.2 Å². The first-order valence-electron chi connectivity index (χ1n) is 11.0. The average Bonchev–Trinajstić information content (AvgIpc) is 3.08. The van der Waals surface area contributed by atoms with E-state index in [0.29, 0.717) is 34.9 Å². The van der Waals surface area contributed by atoms with Gasteiger partial charge in [0.1, 0.15) is 4.83 Å². The van der Waals surface area contributed by atoms with Crippen molar-refractivity contribution in [2.75, 3.05) is 18.4 Å². The molecule has 1 aromatic carbocycles. The van der Waals surface area contributed by atoms with Gasteiger partial charge in [-0.05, 0) is 62.4 Å². The normalized spacial score (nSPS) is 17.4. The van der Waals surface area contributed by atoms with E-state index >= 15 is 0 Å². The lowest BCUT2D eigenvalue weighted by atomic mass is 10.0. The molecule has 3 heterocycles. The van der Waals surface area contributed by atoms with Crippen LogP contribution in [-0.2, 0) is 21.4 Å². The first-order valence-corrected chi connectivity index (χ1v) is 13.3. The fourth-order valence-electron chi connectivity index (χ4n) is 4.10. The minimum Gasteiger partial charge on any atom is -0.326 e. The van der Waals surface area contributed by atoms with Crippen molar-refractivity contribution in [3.8, 4) is 0 Å². The molecule has 2 aromatic heterocycles. The van der Waals surface area contributed by atoms with Crippen molar-refractivity contribution in [2.45, 2.75) is 51.5 Å². The predicted octanol–water partition coefficient (Wildman–Crippen LogP) is 3.52. The number of rotatable bonds is 6. The Kier molecular flexibility index (Phi) is 6.69. The second-order valence-corrected chi connectivity index (χ2v) is 11.8. The summed E-state index contributed by atoms with van der Waals surface area (Å²) >= 11 is 1.49. The maximum atomic E-state index is 12.9. The number of fused-ring (bicyclic) bond motifs is 1. The van der Waals surface area contributed by atoms with Crippen molar-refractivity contribution in [1.29, 1.82) is 0 Å². The molecule has 1 aliphatic heterocycles. The van der Waals surface area contributed by atoms with Crippen LogP contribution >= 0.6 is 11.3 Å². The molecule has 8 nitrogen and oxygen atoms in total. The standard InChI is InChI=1S/C23H28N4O4S2/c1-15-5-4-11-27(13-15)33(30,31)19-8-6-18(7-9-19)25-20(28)10-12-26-14-24-22-21(23(26)29)16(2)17(3)32-22/h6-9,14-15H,4-5,10-13H2,1-3H3,(H,25,28). The molecule has 1 aliphatic rings. The van der Waals surface area contributed by atoms with Crippen molar-refractivity contribution in [1.82, 2.24) is 13.9 Å². The summed E-state index contributed by atoms with van der Waals surface area (Å²) < 4.78 is 28.7. The molecule has 0 aliphatic carbocycles. The van der Waals surface area contributed by atoms with Crippen molar-refractivity contribution in [3.63, 3.8) is 0 Å². The van der Waals surface area contributed by atoms with Crippen LogP contribution in [0, 0.1) is 19.8 Å². The molecule has 3 aromatic rings. The van der Waals surface area contributed by atoms with Crippen LogP contribution in [0.5, 0.6) is 0 Å². The SMILES string of the molecule is Cc1sc2ncn(CCC(=O)Nc3ccc(S(=O)(=O)N4CCCC(C)C4)cc3)c(=O)c2c1C. The number of benzene rings is 1. The Labute approximate surface area is 197 Å². The van der Waals surface area contributed by atoms with Gasteiger partial charge >= 0.3 is 0 Å². The summed E-state index contributed by atoms with van der Waals surface area (Å²) in [4.78, 5) is 31.5. The van der Waals surface area contributed by atoms with Crippen LogP contribution in [0.4, 0.5) is 5.69 Å². The number of hydrogen-bond donors (Lipinski definition) is 1. The quantitative estimate of drug-likeness (QED) is 0.572. The molecule has 1 atom stereocenters. The fourth-order valence-corrected chi connectivity index (χ4v) is 6.68. The second kappa shape index (κ2) is 9.36. The van der Waals surface area contributed by atoms with Gasteiger partial charge in [-0.15, -0.1) is 11.3 Å². The average molecular weight is 489 g/mol. The summed E-state index contributed by atoms with van der Waals surface area (Å²) in [5, 5.41) is 3.38. The summed E-state index contributed by atoms with van der Waals surface area (Å²) in [6, 6.07) is 6.23. The number of sulfonamides is 1. The van der Waals surface area contributed by atoms with Crippen LogP contribution < -0.4 is 10.9 Å². The van der Waals surface area contributed by atoms with Gasteiger partial charge < -0.3 is 5.32 Å². The first kappa shape index (κ1) is 23.6. The van der Waals surface area contributed by atoms with E-state index in [0.717, 1.165) is 23.3 Å². The van der Waals surface area contributed by atoms with E-state index < -0.39 is 10.0 Å². The molecule has 1 N–H and O–H groups in total. The monoisotopic (exact) mass is 488 g/mol. The molecule has 1 saturated heterocycles. The second-order valence-electron chi connectivity index (χ2n) is 8.64. The van der Waals surface area contributed by atoms with E-state index in [9.17, 15) is 18.0 Å². The van der Waals surface area contributed by atoms with Crippen LogP contribution in [0.1, 0.15) is 36.6 Å². The van der Waals surface area contributed by atoms with Crippen molar-refractivity contribution >= 4 is 43.2 Å². The molecule has 33 heavy (non-hydrogen) atoms. The maximum absolute atomic E-state index is 12.9. The number of nitrogens with zero attached hydrogens (tertiary/aromatic N) is 3. The highest BCUT2D eigenvalue weighted by molar-refractivity contribution is 7.89. The number of anilines is 1. The van der Waals surface area contributed by atoms with Gasteiger partial charge in [-0.2, -0.15) is 4.31 Å². The number of aryl methyl sites for hydroxylation is 3. The lowest BCUT2D eigenvalue weighted by molar-refractivity contribution is -0.116. The number of piperidine rings is 1. The molecule has 176 valence electrons. The van der Waals surface area contributed by atoms with Gasteiger partial charge in [-0.25, -0.2) is 13.4 Å². The zero-order valence-electron chi connectivity index (χ0n) is 19.0. The number of amides is 1. The highest BCUT2D eigenvalue weighted by Crippen LogP contribution is 2.26. The van der Waals surface area contributed by atoms with Crippen LogP contribution in [0.3, 0.4) is 0 Å². The van der Waals surface area contributed by atoms with Gasteiger partial charge in [-0.1, -0.05) is 6.92 Å². The molecule has 1 amide bonds. The molecular weight excluding hydrogens is 460 g/mol. The summed E-state index contributed by atoms with van der Waals surface area (Å²) in [6.45, 7) is 7.21. The van der Waals surface area contributed by atoms with E-state index in [4.69, 9.17) is 0 Å². The Balaban J connectivity index is 1.39. The van der Waals surface area contributed by atoms with Crippen molar-refractivity contribution in [2.24, 2.45) is 5.92 Å². The number of carbonyl (C=O) groups excluding carboxylic acids is 1. The van der Waals surface area contributed by atoms with Crippen LogP contribution in [0.15, 0.2) is 40.3 Å². The number of carbonyl (C=O) groups is 1. The Morgan fingerprint density at radius 3 is 2.67 bits per heavy atom. The first-order chi connectivity index (χ1) is 15.7. The lowest BCUT2D eigenvalue weighted by Gasteiger charge is -2.30. The van der Waals surface area contributed by atoms with Crippen LogP contribution in [0.2, 0.25) is 0 Å². The zero-order valence-corrected chi connectivity index (χ0v) is 20.6. The number of hydrogen-bond acceptors (Lipinski definition) is 6. The smallest absolute Gasteiger partial charge is 0.262 e. The summed E-state index contributed by atoms with van der Waals surface area (Å²) in [6.07, 6.45) is 3.49. The molecule has 0 spiro atoms. The number of thiophene rings is 1. The number of nitrogens with one attached hydrogen (secondary N) is 1. The molecule has 4 rings (SSSR count). The highest BCUT2D eigenvalue weighted by Gasteiger charge is 2.28. The summed E-state index contributed by atoms with van der Waals surface area (Å²) in [5.74, 6) is 0.0869. The topological polar surface area (TPSA) is 101 Å². The number of aromatic nitrogens is 2. The summed E-state index contributed by atoms with van der Waals surface area (Å²) in [7, 11) is -3.53. The zero-order chi connectivity index (χ0) is 23.8. The predicted molar refractivity (Wildman–Crippen MR) is 130 cm³/mol. The molecule has 1 unspecified atom stereocenters. The van der Waals surface area contributed by atoms with Crippen LogP contribution in [-0.4, -0.2) is 41.3 Å². The van der Waals surface area contributed by atoms with E-state index in [2.05, 4.69) is 17.2 Å². The van der Waals surface area contributed by atoms with Crippen molar-refractivity contribution in [3.05, 3.63) is 51.4 Å². The van der Waals surface area contributed by atoms with Gasteiger partial charge in [-0.3, -0.25) is 14.2 Å². The third-order valence-electron chi connectivity index (χ3n) is 6.13. The van der Waals surface area contributed by atoms with Crippen molar-refractivity contribution < 1.29 is 13.2 Å². The molecule has 1 fully saturated rings. The van der Waals surface area contributed by atoms with Gasteiger partial charge in [0.15, 0.2) is 0 Å². The van der Waals surface area contributed by atoms with Gasteiger partial charge in [0, 0.05) is 36.6 Å². The largest absolute Gasteiger partial charge is 0.326 e. The molecule has 0 bridgehead atoms. The molecule has 0 radical (unpaired) electrons. The Morgan fingerprint density at radius 1 is 1.24 bits per heavy atom. The lowest BCUT2D eigenvalue weighted by Crippen LogP contribution is -2.39. The third-order valence-corrected chi connectivity index (χ3v) is 9.13. The highest BCUT2D eigenvalue weighted by atomic mass is 32.2. The van der Waals surface area contributed by atoms with E-state index in [1.165, 1.54) is 38.7 Å². The third kappa shape index (κ3) is 4.87. The molecular formula is C23H28N4O4S2. The Hall–Kier alpha value is -2.56. The Morgan fingerprint density at radius 2 is 1.97 bits per heavy atom. The van der Waals surface area contributed by atoms with E-state index in [1.807, 2.05) is 13.8 Å². The molecule has 0 saturated carbocycles. The van der Waals surface area contributed by atoms with Gasteiger partial charge in [0.2, 0.25) is 15.9 Å². The van der Waals surface area contributed by atoms with Gasteiger partial charge in [0.25, 0.3) is 5.56 Å². The van der Waals surface area contributed by atoms with E-state index in [-0.39, 0.29) is 29.3 Å². The minimum absolute atomic E-state index is 0.0982. The maximum Gasteiger partial charge on any atom is 0.262 e. The molecule has 10 heteroatoms. The summed E-state index contributed by atoms with van der Waals surface area (Å²) in [5.41, 5.74) is 1.30. The Bertz CT molecular complexity index is 1340. The van der Waals surface area contributed by atoms with E-state index in [1.54, 1.807) is 12.1 Å². The minimum atomic E-state index is -3.53. The fraction of sp³-hybridized carbons (Fsp3) is 0.435.